The molecular weight excluding hydrogens is 242 g/mol. The second-order valence-electron chi connectivity index (χ2n) is 3.80. The highest BCUT2D eigenvalue weighted by Gasteiger charge is 2.14. The summed E-state index contributed by atoms with van der Waals surface area (Å²) in [7, 11) is -3.16. The Balaban J connectivity index is 2.40. The van der Waals surface area contributed by atoms with E-state index >= 15 is 0 Å². The summed E-state index contributed by atoms with van der Waals surface area (Å²) >= 11 is 1.63. The second kappa shape index (κ2) is 4.16. The fourth-order valence-electron chi connectivity index (χ4n) is 1.72. The van der Waals surface area contributed by atoms with E-state index in [9.17, 15) is 8.42 Å². The monoisotopic (exact) mass is 255 g/mol. The van der Waals surface area contributed by atoms with Gasteiger partial charge in [0.2, 0.25) is 10.0 Å². The Labute approximate surface area is 99.2 Å². The van der Waals surface area contributed by atoms with Gasteiger partial charge in [-0.05, 0) is 29.3 Å². The average molecular weight is 255 g/mol. The van der Waals surface area contributed by atoms with Crippen molar-refractivity contribution in [1.29, 1.82) is 0 Å². The molecule has 0 aliphatic heterocycles. The van der Waals surface area contributed by atoms with Crippen molar-refractivity contribution in [3.8, 4) is 0 Å². The molecule has 16 heavy (non-hydrogen) atoms. The molecule has 5 heteroatoms. The van der Waals surface area contributed by atoms with Crippen LogP contribution >= 0.6 is 11.3 Å². The van der Waals surface area contributed by atoms with Gasteiger partial charge in [0.1, 0.15) is 0 Å². The number of rotatable bonds is 3. The summed E-state index contributed by atoms with van der Waals surface area (Å²) in [4.78, 5) is 0. The van der Waals surface area contributed by atoms with Gasteiger partial charge in [-0.25, -0.2) is 13.1 Å². The fourth-order valence-corrected chi connectivity index (χ4v) is 3.54. The van der Waals surface area contributed by atoms with E-state index in [-0.39, 0.29) is 6.04 Å². The van der Waals surface area contributed by atoms with Gasteiger partial charge in [0.15, 0.2) is 0 Å². The number of hydrogen-bond acceptors (Lipinski definition) is 3. The number of nitrogens with one attached hydrogen (secondary N) is 1. The van der Waals surface area contributed by atoms with Crippen LogP contribution in [0, 0.1) is 0 Å². The minimum atomic E-state index is -3.16. The molecule has 2 rings (SSSR count). The predicted molar refractivity (Wildman–Crippen MR) is 68.2 cm³/mol. The van der Waals surface area contributed by atoms with Gasteiger partial charge in [0.05, 0.1) is 6.26 Å². The number of sulfonamides is 1. The van der Waals surface area contributed by atoms with Crippen molar-refractivity contribution in [2.45, 2.75) is 13.0 Å². The SMILES string of the molecule is C[C@H](NS(C)(=O)=O)c1csc2ccccc12. The molecule has 0 bridgehead atoms. The zero-order valence-corrected chi connectivity index (χ0v) is 10.7. The lowest BCUT2D eigenvalue weighted by Crippen LogP contribution is -2.25. The quantitative estimate of drug-likeness (QED) is 0.916. The molecule has 1 heterocycles. The summed E-state index contributed by atoms with van der Waals surface area (Å²) in [5.74, 6) is 0. The van der Waals surface area contributed by atoms with E-state index in [1.54, 1.807) is 11.3 Å². The first-order valence-electron chi connectivity index (χ1n) is 4.91. The second-order valence-corrected chi connectivity index (χ2v) is 6.49. The van der Waals surface area contributed by atoms with Crippen LogP contribution in [0.25, 0.3) is 10.1 Å². The third-order valence-electron chi connectivity index (χ3n) is 2.37. The van der Waals surface area contributed by atoms with Crippen molar-refractivity contribution >= 4 is 31.4 Å². The molecule has 86 valence electrons. The van der Waals surface area contributed by atoms with Crippen molar-refractivity contribution in [2.75, 3.05) is 6.26 Å². The van der Waals surface area contributed by atoms with Gasteiger partial charge in [-0.3, -0.25) is 0 Å². The maximum atomic E-state index is 11.2. The van der Waals surface area contributed by atoms with Crippen LogP contribution in [0.4, 0.5) is 0 Å². The molecule has 1 aromatic heterocycles. The van der Waals surface area contributed by atoms with Crippen molar-refractivity contribution in [3.63, 3.8) is 0 Å². The summed E-state index contributed by atoms with van der Waals surface area (Å²) in [6, 6.07) is 7.81. The first-order valence-corrected chi connectivity index (χ1v) is 7.68. The molecule has 0 spiro atoms. The molecule has 1 atom stereocenters. The van der Waals surface area contributed by atoms with Crippen LogP contribution in [0.1, 0.15) is 18.5 Å². The van der Waals surface area contributed by atoms with Crippen molar-refractivity contribution in [1.82, 2.24) is 4.72 Å². The fraction of sp³-hybridized carbons (Fsp3) is 0.273. The predicted octanol–water partition coefficient (Wildman–Crippen LogP) is 2.51. The summed E-state index contributed by atoms with van der Waals surface area (Å²) < 4.78 is 26.1. The van der Waals surface area contributed by atoms with Crippen molar-refractivity contribution in [2.24, 2.45) is 0 Å². The molecule has 0 amide bonds. The van der Waals surface area contributed by atoms with Crippen LogP contribution in [-0.2, 0) is 10.0 Å². The molecular formula is C11H13NO2S2. The Bertz CT molecular complexity index is 601. The standard InChI is InChI=1S/C11H13NO2S2/c1-8(12-16(2,13)14)10-7-15-11-6-4-3-5-9(10)11/h3-8,12H,1-2H3/t8-/m0/s1. The highest BCUT2D eigenvalue weighted by Crippen LogP contribution is 2.30. The number of thiophene rings is 1. The molecule has 0 fully saturated rings. The molecule has 1 aromatic carbocycles. The van der Waals surface area contributed by atoms with E-state index in [1.165, 1.54) is 11.0 Å². The van der Waals surface area contributed by atoms with E-state index in [4.69, 9.17) is 0 Å². The minimum Gasteiger partial charge on any atom is -0.213 e. The molecule has 0 saturated heterocycles. The molecule has 0 unspecified atom stereocenters. The van der Waals surface area contributed by atoms with Crippen LogP contribution in [0.15, 0.2) is 29.6 Å². The van der Waals surface area contributed by atoms with Gasteiger partial charge in [-0.15, -0.1) is 11.3 Å². The maximum absolute atomic E-state index is 11.2. The lowest BCUT2D eigenvalue weighted by molar-refractivity contribution is 0.574. The van der Waals surface area contributed by atoms with Crippen molar-refractivity contribution < 1.29 is 8.42 Å². The van der Waals surface area contributed by atoms with Crippen LogP contribution in [0.3, 0.4) is 0 Å². The third-order valence-corrected chi connectivity index (χ3v) is 4.13. The Kier molecular flexibility index (Phi) is 3.01. The van der Waals surface area contributed by atoms with Crippen LogP contribution in [-0.4, -0.2) is 14.7 Å². The highest BCUT2D eigenvalue weighted by molar-refractivity contribution is 7.88. The summed E-state index contributed by atoms with van der Waals surface area (Å²) in [6.45, 7) is 1.86. The molecule has 0 aliphatic rings. The topological polar surface area (TPSA) is 46.2 Å². The van der Waals surface area contributed by atoms with E-state index in [1.807, 2.05) is 36.6 Å². The third kappa shape index (κ3) is 2.42. The van der Waals surface area contributed by atoms with E-state index < -0.39 is 10.0 Å². The van der Waals surface area contributed by atoms with Crippen LogP contribution < -0.4 is 4.72 Å². The van der Waals surface area contributed by atoms with Crippen LogP contribution in [0.2, 0.25) is 0 Å². The normalized spacial score (nSPS) is 14.1. The minimum absolute atomic E-state index is 0.189. The summed E-state index contributed by atoms with van der Waals surface area (Å²) in [5, 5.41) is 3.13. The Hall–Kier alpha value is -0.910. The first-order chi connectivity index (χ1) is 7.47. The molecule has 0 radical (unpaired) electrons. The maximum Gasteiger partial charge on any atom is 0.209 e. The molecule has 2 aromatic rings. The van der Waals surface area contributed by atoms with Gasteiger partial charge < -0.3 is 0 Å². The van der Waals surface area contributed by atoms with Gasteiger partial charge in [0, 0.05) is 10.7 Å². The van der Waals surface area contributed by atoms with E-state index in [0.29, 0.717) is 0 Å². The lowest BCUT2D eigenvalue weighted by atomic mass is 10.1. The van der Waals surface area contributed by atoms with Gasteiger partial charge in [-0.2, -0.15) is 0 Å². The lowest BCUT2D eigenvalue weighted by Gasteiger charge is -2.11. The van der Waals surface area contributed by atoms with Crippen molar-refractivity contribution in [3.05, 3.63) is 35.2 Å². The summed E-state index contributed by atoms with van der Waals surface area (Å²) in [6.07, 6.45) is 1.18. The Morgan fingerprint density at radius 1 is 1.31 bits per heavy atom. The number of fused-ring (bicyclic) bond motifs is 1. The molecule has 0 aliphatic carbocycles. The Morgan fingerprint density at radius 2 is 2.00 bits per heavy atom. The van der Waals surface area contributed by atoms with Gasteiger partial charge in [0.25, 0.3) is 0 Å². The Morgan fingerprint density at radius 3 is 2.69 bits per heavy atom. The largest absolute Gasteiger partial charge is 0.213 e. The average Bonchev–Trinajstić information content (AvgIpc) is 2.58. The zero-order chi connectivity index (χ0) is 11.8. The molecule has 3 nitrogen and oxygen atoms in total. The van der Waals surface area contributed by atoms with Crippen LogP contribution in [0.5, 0.6) is 0 Å². The smallest absolute Gasteiger partial charge is 0.209 e. The molecule has 1 N–H and O–H groups in total. The number of benzene rings is 1. The first kappa shape index (κ1) is 11.6. The highest BCUT2D eigenvalue weighted by atomic mass is 32.2. The van der Waals surface area contributed by atoms with E-state index in [2.05, 4.69) is 4.72 Å². The van der Waals surface area contributed by atoms with Gasteiger partial charge in [-0.1, -0.05) is 18.2 Å². The van der Waals surface area contributed by atoms with E-state index in [0.717, 1.165) is 10.9 Å². The zero-order valence-electron chi connectivity index (χ0n) is 9.10. The number of hydrogen-bond donors (Lipinski definition) is 1. The van der Waals surface area contributed by atoms with Gasteiger partial charge >= 0.3 is 0 Å². The summed E-state index contributed by atoms with van der Waals surface area (Å²) in [5.41, 5.74) is 1.03. The molecule has 0 saturated carbocycles.